The van der Waals surface area contributed by atoms with Crippen molar-refractivity contribution in [1.82, 2.24) is 4.90 Å². The van der Waals surface area contributed by atoms with Crippen molar-refractivity contribution in [3.05, 3.63) is 0 Å². The molecule has 20 heavy (non-hydrogen) atoms. The molecule has 1 nitrogen and oxygen atoms in total. The molecule has 0 aromatic rings. The zero-order chi connectivity index (χ0) is 15.9. The van der Waals surface area contributed by atoms with Crippen LogP contribution in [0.5, 0.6) is 0 Å². The molecule has 0 saturated carbocycles. The van der Waals surface area contributed by atoms with Crippen molar-refractivity contribution in [2.75, 3.05) is 20.6 Å². The zero-order valence-corrected chi connectivity index (χ0v) is 15.8. The van der Waals surface area contributed by atoms with Crippen LogP contribution in [-0.4, -0.2) is 25.5 Å². The normalized spacial score (nSPS) is 17.2. The summed E-state index contributed by atoms with van der Waals surface area (Å²) in [6, 6.07) is 0. The van der Waals surface area contributed by atoms with E-state index in [2.05, 4.69) is 67.5 Å². The SMILES string of the molecule is CCC(CC)CC(CC(C)C)(CN(C)C)C(C)C(C)C. The second-order valence-electron chi connectivity index (χ2n) is 8.12. The maximum Gasteiger partial charge on any atom is 0.00347 e. The molecule has 0 rings (SSSR count). The lowest BCUT2D eigenvalue weighted by atomic mass is 9.62. The average molecular weight is 284 g/mol. The van der Waals surface area contributed by atoms with E-state index in [1.807, 2.05) is 0 Å². The van der Waals surface area contributed by atoms with E-state index in [9.17, 15) is 0 Å². The Morgan fingerprint density at radius 1 is 0.850 bits per heavy atom. The monoisotopic (exact) mass is 283 g/mol. The minimum Gasteiger partial charge on any atom is -0.309 e. The molecule has 0 bridgehead atoms. The molecule has 0 N–H and O–H groups in total. The van der Waals surface area contributed by atoms with Crippen molar-refractivity contribution >= 4 is 0 Å². The van der Waals surface area contributed by atoms with Gasteiger partial charge in [0.05, 0.1) is 0 Å². The summed E-state index contributed by atoms with van der Waals surface area (Å²) >= 11 is 0. The lowest BCUT2D eigenvalue weighted by Crippen LogP contribution is -2.43. The number of hydrogen-bond donors (Lipinski definition) is 0. The lowest BCUT2D eigenvalue weighted by molar-refractivity contribution is 0.0347. The molecule has 0 aliphatic heterocycles. The lowest BCUT2D eigenvalue weighted by Gasteiger charge is -2.46. The first-order chi connectivity index (χ1) is 9.18. The average Bonchev–Trinajstić information content (AvgIpc) is 2.33. The van der Waals surface area contributed by atoms with E-state index in [-0.39, 0.29) is 0 Å². The van der Waals surface area contributed by atoms with Crippen LogP contribution in [0.4, 0.5) is 0 Å². The highest BCUT2D eigenvalue weighted by molar-refractivity contribution is 4.90. The van der Waals surface area contributed by atoms with Gasteiger partial charge in [0.15, 0.2) is 0 Å². The fourth-order valence-electron chi connectivity index (χ4n) is 4.03. The first-order valence-corrected chi connectivity index (χ1v) is 8.83. The Morgan fingerprint density at radius 3 is 1.65 bits per heavy atom. The topological polar surface area (TPSA) is 3.24 Å². The first kappa shape index (κ1) is 20.0. The van der Waals surface area contributed by atoms with Gasteiger partial charge in [0.25, 0.3) is 0 Å². The molecule has 1 heteroatoms. The highest BCUT2D eigenvalue weighted by Gasteiger charge is 2.39. The van der Waals surface area contributed by atoms with Gasteiger partial charge in [0.2, 0.25) is 0 Å². The van der Waals surface area contributed by atoms with Crippen molar-refractivity contribution in [3.63, 3.8) is 0 Å². The smallest absolute Gasteiger partial charge is 0.00347 e. The molecule has 2 unspecified atom stereocenters. The third-order valence-corrected chi connectivity index (χ3v) is 5.26. The minimum absolute atomic E-state index is 0.475. The van der Waals surface area contributed by atoms with Crippen molar-refractivity contribution in [2.45, 2.75) is 74.1 Å². The van der Waals surface area contributed by atoms with Gasteiger partial charge in [-0.2, -0.15) is 0 Å². The summed E-state index contributed by atoms with van der Waals surface area (Å²) in [6.45, 7) is 18.1. The highest BCUT2D eigenvalue weighted by Crippen LogP contribution is 2.45. The molecule has 0 fully saturated rings. The molecule has 0 aliphatic rings. The Balaban J connectivity index is 5.39. The summed E-state index contributed by atoms with van der Waals surface area (Å²) in [4.78, 5) is 2.42. The fraction of sp³-hybridized carbons (Fsp3) is 1.00. The predicted molar refractivity (Wildman–Crippen MR) is 93.1 cm³/mol. The molecule has 0 aliphatic carbocycles. The predicted octanol–water partition coefficient (Wildman–Crippen LogP) is 5.70. The Morgan fingerprint density at radius 2 is 1.35 bits per heavy atom. The minimum atomic E-state index is 0.475. The van der Waals surface area contributed by atoms with Gasteiger partial charge < -0.3 is 4.90 Å². The van der Waals surface area contributed by atoms with Crippen molar-refractivity contribution < 1.29 is 0 Å². The fourth-order valence-corrected chi connectivity index (χ4v) is 4.03. The van der Waals surface area contributed by atoms with Crippen LogP contribution >= 0.6 is 0 Å². The van der Waals surface area contributed by atoms with Crippen molar-refractivity contribution in [1.29, 1.82) is 0 Å². The third-order valence-electron chi connectivity index (χ3n) is 5.26. The van der Waals surface area contributed by atoms with Crippen LogP contribution in [-0.2, 0) is 0 Å². The third kappa shape index (κ3) is 6.16. The molecule has 0 saturated heterocycles. The van der Waals surface area contributed by atoms with Crippen molar-refractivity contribution in [3.8, 4) is 0 Å². The molecular weight excluding hydrogens is 242 g/mol. The maximum atomic E-state index is 2.50. The molecule has 0 aromatic carbocycles. The Kier molecular flexibility index (Phi) is 9.06. The number of hydrogen-bond acceptors (Lipinski definition) is 1. The summed E-state index contributed by atoms with van der Waals surface area (Å²) in [6.07, 6.45) is 5.42. The van der Waals surface area contributed by atoms with Crippen LogP contribution in [0.1, 0.15) is 74.1 Å². The van der Waals surface area contributed by atoms with Crippen LogP contribution < -0.4 is 0 Å². The van der Waals surface area contributed by atoms with Crippen LogP contribution in [0.15, 0.2) is 0 Å². The van der Waals surface area contributed by atoms with Gasteiger partial charge in [-0.1, -0.05) is 61.3 Å². The van der Waals surface area contributed by atoms with Gasteiger partial charge in [0.1, 0.15) is 0 Å². The largest absolute Gasteiger partial charge is 0.309 e. The number of nitrogens with zero attached hydrogens (tertiary/aromatic N) is 1. The zero-order valence-electron chi connectivity index (χ0n) is 15.8. The van der Waals surface area contributed by atoms with E-state index in [0.29, 0.717) is 5.41 Å². The van der Waals surface area contributed by atoms with Crippen LogP contribution in [0.2, 0.25) is 0 Å². The molecule has 0 radical (unpaired) electrons. The Hall–Kier alpha value is -0.0400. The van der Waals surface area contributed by atoms with E-state index in [4.69, 9.17) is 0 Å². The van der Waals surface area contributed by atoms with Crippen LogP contribution in [0, 0.1) is 29.1 Å². The van der Waals surface area contributed by atoms with E-state index in [0.717, 1.165) is 23.7 Å². The summed E-state index contributed by atoms with van der Waals surface area (Å²) < 4.78 is 0. The molecule has 0 spiro atoms. The second kappa shape index (κ2) is 9.07. The summed E-state index contributed by atoms with van der Waals surface area (Å²) in [5.41, 5.74) is 0.475. The molecule has 0 aromatic heterocycles. The van der Waals surface area contributed by atoms with Crippen molar-refractivity contribution in [2.24, 2.45) is 29.1 Å². The van der Waals surface area contributed by atoms with E-state index in [1.165, 1.54) is 32.2 Å². The van der Waals surface area contributed by atoms with Gasteiger partial charge in [-0.25, -0.2) is 0 Å². The standard InChI is InChI=1S/C19H41N/c1-10-18(11-2)13-19(12-15(3)4,14-20(8)9)17(7)16(5)6/h15-18H,10-14H2,1-9H3. The van der Waals surface area contributed by atoms with Crippen LogP contribution in [0.3, 0.4) is 0 Å². The molecule has 122 valence electrons. The molecule has 2 atom stereocenters. The van der Waals surface area contributed by atoms with Gasteiger partial charge in [-0.05, 0) is 56.0 Å². The highest BCUT2D eigenvalue weighted by atomic mass is 15.1. The molecular formula is C19H41N. The summed E-state index contributed by atoms with van der Waals surface area (Å²) in [5.74, 6) is 3.22. The van der Waals surface area contributed by atoms with Gasteiger partial charge in [-0.3, -0.25) is 0 Å². The second-order valence-corrected chi connectivity index (χ2v) is 8.12. The van der Waals surface area contributed by atoms with Crippen LogP contribution in [0.25, 0.3) is 0 Å². The first-order valence-electron chi connectivity index (χ1n) is 8.83. The van der Waals surface area contributed by atoms with E-state index < -0.39 is 0 Å². The van der Waals surface area contributed by atoms with Gasteiger partial charge in [0, 0.05) is 6.54 Å². The molecule has 0 heterocycles. The Bertz CT molecular complexity index is 228. The molecule has 0 amide bonds. The maximum absolute atomic E-state index is 2.50. The summed E-state index contributed by atoms with van der Waals surface area (Å²) in [5, 5.41) is 0. The summed E-state index contributed by atoms with van der Waals surface area (Å²) in [7, 11) is 4.49. The number of rotatable bonds is 10. The van der Waals surface area contributed by atoms with E-state index >= 15 is 0 Å². The van der Waals surface area contributed by atoms with E-state index in [1.54, 1.807) is 0 Å². The Labute approximate surface area is 129 Å². The van der Waals surface area contributed by atoms with Gasteiger partial charge >= 0.3 is 0 Å². The van der Waals surface area contributed by atoms with Gasteiger partial charge in [-0.15, -0.1) is 0 Å². The quantitative estimate of drug-likeness (QED) is 0.497.